The number of carboxylic acids is 4. The largest absolute Gasteiger partial charge is 0.480 e. The molecule has 3 rings (SSSR count). The predicted molar refractivity (Wildman–Crippen MR) is 171 cm³/mol. The number of hydrogen-bond acceptors (Lipinski definition) is 10. The number of carbonyl (C=O) groups excluding carboxylic acids is 1. The summed E-state index contributed by atoms with van der Waals surface area (Å²) in [6.45, 7) is 5.80. The van der Waals surface area contributed by atoms with Crippen molar-refractivity contribution in [2.24, 2.45) is 11.5 Å². The van der Waals surface area contributed by atoms with E-state index in [-0.39, 0.29) is 23.3 Å². The lowest BCUT2D eigenvalue weighted by Crippen LogP contribution is -2.37. The third-order valence-corrected chi connectivity index (χ3v) is 5.93. The Balaban J connectivity index is 0.000000397. The third kappa shape index (κ3) is 14.0. The van der Waals surface area contributed by atoms with Gasteiger partial charge >= 0.3 is 29.8 Å². The minimum absolute atomic E-state index is 0.0199. The number of hydrogen-bond donors (Lipinski definition) is 8. The number of esters is 1. The van der Waals surface area contributed by atoms with Gasteiger partial charge in [0.25, 0.3) is 0 Å². The topological polar surface area (TPSA) is 252 Å². The second-order valence-electron chi connectivity index (χ2n) is 9.85. The van der Waals surface area contributed by atoms with E-state index in [1.54, 1.807) is 61.5 Å². The summed E-state index contributed by atoms with van der Waals surface area (Å²) in [6, 6.07) is 17.6. The molecule has 10 N–H and O–H groups in total. The molecular weight excluding hydrogens is 600 g/mol. The molecule has 0 aliphatic rings. The smallest absolute Gasteiger partial charge is 0.339 e. The quantitative estimate of drug-likeness (QED) is 0.0987. The van der Waals surface area contributed by atoms with Gasteiger partial charge in [-0.2, -0.15) is 0 Å². The number of aliphatic carboxylic acids is 2. The second kappa shape index (κ2) is 19.9. The van der Waals surface area contributed by atoms with Gasteiger partial charge in [-0.1, -0.05) is 43.3 Å². The van der Waals surface area contributed by atoms with E-state index in [1.807, 2.05) is 6.92 Å². The molecular formula is C32H40N4O10. The molecule has 248 valence electrons. The molecule has 0 spiro atoms. The van der Waals surface area contributed by atoms with Crippen molar-refractivity contribution >= 4 is 41.2 Å². The van der Waals surface area contributed by atoms with Crippen LogP contribution >= 0.6 is 0 Å². The molecule has 46 heavy (non-hydrogen) atoms. The van der Waals surface area contributed by atoms with Crippen molar-refractivity contribution in [1.82, 2.24) is 5.32 Å². The van der Waals surface area contributed by atoms with Crippen LogP contribution in [0.2, 0.25) is 0 Å². The molecule has 14 nitrogen and oxygen atoms in total. The van der Waals surface area contributed by atoms with Gasteiger partial charge in [-0.15, -0.1) is 0 Å². The summed E-state index contributed by atoms with van der Waals surface area (Å²) in [5.41, 5.74) is 12.5. The molecule has 0 aromatic heterocycles. The summed E-state index contributed by atoms with van der Waals surface area (Å²) in [6.07, 6.45) is 1.14. The van der Waals surface area contributed by atoms with Crippen LogP contribution in [0, 0.1) is 0 Å². The Morgan fingerprint density at radius 1 is 0.761 bits per heavy atom. The zero-order chi connectivity index (χ0) is 34.8. The number of nitrogens with two attached hydrogens (primary N) is 2. The number of rotatable bonds is 13. The Bertz CT molecular complexity index is 1460. The van der Waals surface area contributed by atoms with E-state index in [0.29, 0.717) is 17.9 Å². The fraction of sp³-hybridized carbons (Fsp3) is 0.281. The fourth-order valence-corrected chi connectivity index (χ4v) is 3.37. The van der Waals surface area contributed by atoms with Gasteiger partial charge in [-0.3, -0.25) is 9.59 Å². The van der Waals surface area contributed by atoms with E-state index in [1.165, 1.54) is 25.1 Å². The zero-order valence-electron chi connectivity index (χ0n) is 25.7. The Morgan fingerprint density at radius 3 is 1.78 bits per heavy atom. The number of carbonyl (C=O) groups is 5. The molecule has 3 aromatic rings. The maximum absolute atomic E-state index is 11.7. The van der Waals surface area contributed by atoms with E-state index in [2.05, 4.69) is 10.6 Å². The molecule has 0 heterocycles. The van der Waals surface area contributed by atoms with E-state index in [9.17, 15) is 24.0 Å². The Morgan fingerprint density at radius 2 is 1.28 bits per heavy atom. The van der Waals surface area contributed by atoms with Crippen LogP contribution < -0.4 is 26.8 Å². The number of anilines is 2. The molecule has 3 atom stereocenters. The van der Waals surface area contributed by atoms with E-state index in [0.717, 1.165) is 12.0 Å². The van der Waals surface area contributed by atoms with Gasteiger partial charge in [-0.25, -0.2) is 14.4 Å². The SMILES string of the molecule is CCCN[C@@H](C)C(=O)Oc1ccccc1C(=O)O.C[C@H](N)C(=O)O.N[C@@H](Cc1ccc(Nc2ccccc2C(=O)O)cc1)C(=O)O. The number of para-hydroxylation sites is 2. The first-order valence-electron chi connectivity index (χ1n) is 14.1. The van der Waals surface area contributed by atoms with E-state index >= 15 is 0 Å². The number of aromatic carboxylic acids is 2. The Kier molecular flexibility index (Phi) is 16.7. The number of nitrogens with one attached hydrogen (secondary N) is 2. The van der Waals surface area contributed by atoms with Gasteiger partial charge in [0.05, 0.1) is 11.3 Å². The van der Waals surface area contributed by atoms with Crippen molar-refractivity contribution in [1.29, 1.82) is 0 Å². The second-order valence-corrected chi connectivity index (χ2v) is 9.85. The van der Waals surface area contributed by atoms with Crippen molar-refractivity contribution < 1.29 is 49.1 Å². The highest BCUT2D eigenvalue weighted by Crippen LogP contribution is 2.22. The van der Waals surface area contributed by atoms with Gasteiger partial charge in [0.1, 0.15) is 29.4 Å². The molecule has 0 fully saturated rings. The molecule has 0 amide bonds. The monoisotopic (exact) mass is 640 g/mol. The molecule has 0 bridgehead atoms. The van der Waals surface area contributed by atoms with Crippen LogP contribution in [0.15, 0.2) is 72.8 Å². The molecule has 0 aliphatic heterocycles. The molecule has 0 unspecified atom stereocenters. The van der Waals surface area contributed by atoms with Crippen LogP contribution in [-0.4, -0.2) is 74.9 Å². The zero-order valence-corrected chi connectivity index (χ0v) is 25.7. The average molecular weight is 641 g/mol. The van der Waals surface area contributed by atoms with Gasteiger partial charge in [0.2, 0.25) is 0 Å². The normalized spacial score (nSPS) is 12.0. The molecule has 0 saturated heterocycles. The summed E-state index contributed by atoms with van der Waals surface area (Å²) in [7, 11) is 0. The minimum atomic E-state index is -1.12. The van der Waals surface area contributed by atoms with Crippen LogP contribution in [-0.2, 0) is 20.8 Å². The predicted octanol–water partition coefficient (Wildman–Crippen LogP) is 3.18. The van der Waals surface area contributed by atoms with Crippen molar-refractivity contribution in [3.63, 3.8) is 0 Å². The number of ether oxygens (including phenoxy) is 1. The third-order valence-electron chi connectivity index (χ3n) is 5.93. The van der Waals surface area contributed by atoms with Crippen LogP contribution in [0.25, 0.3) is 0 Å². The van der Waals surface area contributed by atoms with Gasteiger partial charge < -0.3 is 47.3 Å². The molecule has 0 aliphatic carbocycles. The summed E-state index contributed by atoms with van der Waals surface area (Å²) < 4.78 is 5.08. The number of benzene rings is 3. The fourth-order valence-electron chi connectivity index (χ4n) is 3.37. The van der Waals surface area contributed by atoms with Crippen LogP contribution in [0.4, 0.5) is 11.4 Å². The number of carboxylic acid groups (broad SMARTS) is 4. The van der Waals surface area contributed by atoms with Crippen LogP contribution in [0.3, 0.4) is 0 Å². The van der Waals surface area contributed by atoms with Crippen molar-refractivity contribution in [3.05, 3.63) is 89.5 Å². The Labute approximate surface area is 266 Å². The summed E-state index contributed by atoms with van der Waals surface area (Å²) in [5.74, 6) is -4.55. The van der Waals surface area contributed by atoms with Gasteiger partial charge in [0, 0.05) is 5.69 Å². The standard InChI is InChI=1S/C16H16N2O4.C13H17NO4.C3H7NO2/c17-13(16(21)22)9-10-5-7-11(8-6-10)18-14-4-2-1-3-12(14)15(19)20;1-3-8-14-9(2)13(17)18-11-7-5-4-6-10(11)12(15)16;1-2(4)3(5)6/h1-8,13,18H,9,17H2,(H,19,20)(H,21,22);4-7,9,14H,3,8H2,1-2H3,(H,15,16);2H,4H2,1H3,(H,5,6)/t13-;9-;2-/m000/s1. The van der Waals surface area contributed by atoms with Crippen molar-refractivity contribution in [2.45, 2.75) is 51.7 Å². The highest BCUT2D eigenvalue weighted by atomic mass is 16.5. The summed E-state index contributed by atoms with van der Waals surface area (Å²) >= 11 is 0. The summed E-state index contributed by atoms with van der Waals surface area (Å²) in [5, 5.41) is 40.7. The lowest BCUT2D eigenvalue weighted by atomic mass is 10.1. The lowest BCUT2D eigenvalue weighted by molar-refractivity contribution is -0.139. The van der Waals surface area contributed by atoms with Crippen LogP contribution in [0.5, 0.6) is 5.75 Å². The maximum Gasteiger partial charge on any atom is 0.339 e. The van der Waals surface area contributed by atoms with Gasteiger partial charge in [-0.05, 0) is 75.2 Å². The molecule has 0 radical (unpaired) electrons. The van der Waals surface area contributed by atoms with Crippen molar-refractivity contribution in [2.75, 3.05) is 11.9 Å². The maximum atomic E-state index is 11.7. The molecule has 14 heteroatoms. The van der Waals surface area contributed by atoms with E-state index in [4.69, 9.17) is 36.6 Å². The van der Waals surface area contributed by atoms with E-state index < -0.39 is 48.0 Å². The first kappa shape index (κ1) is 38.7. The average Bonchev–Trinajstić information content (AvgIpc) is 3.01. The van der Waals surface area contributed by atoms with Gasteiger partial charge in [0.15, 0.2) is 0 Å². The molecule has 3 aromatic carbocycles. The summed E-state index contributed by atoms with van der Waals surface area (Å²) in [4.78, 5) is 54.1. The first-order valence-corrected chi connectivity index (χ1v) is 14.1. The van der Waals surface area contributed by atoms with Crippen LogP contribution in [0.1, 0.15) is 53.5 Å². The van der Waals surface area contributed by atoms with Crippen molar-refractivity contribution in [3.8, 4) is 5.75 Å². The highest BCUT2D eigenvalue weighted by Gasteiger charge is 2.18. The first-order chi connectivity index (χ1) is 21.7. The molecule has 0 saturated carbocycles. The Hall–Kier alpha value is -5.31. The highest BCUT2D eigenvalue weighted by molar-refractivity contribution is 5.95. The minimum Gasteiger partial charge on any atom is -0.480 e. The lowest BCUT2D eigenvalue weighted by Gasteiger charge is -2.13.